The molecule has 0 bridgehead atoms. The van der Waals surface area contributed by atoms with Crippen molar-refractivity contribution >= 4 is 44.9 Å². The van der Waals surface area contributed by atoms with E-state index < -0.39 is 11.6 Å². The SMILES string of the molecule is Cc1[nH]nc2c(F)cc(NC(=O)c3ccc4c(c3)nc(CN(C)CCCc3cccc(OCc5cc(F)c(C#N)s5)n3)n4C[C@@H]3CCO3)cc12. The molecule has 2 aromatic carbocycles. The second-order valence-corrected chi connectivity index (χ2v) is 13.5. The zero-order valence-corrected chi connectivity index (χ0v) is 28.3. The maximum absolute atomic E-state index is 14.6. The summed E-state index contributed by atoms with van der Waals surface area (Å²) >= 11 is 1.07. The highest BCUT2D eigenvalue weighted by molar-refractivity contribution is 7.12. The van der Waals surface area contributed by atoms with Crippen molar-refractivity contribution in [3.05, 3.63) is 98.8 Å². The van der Waals surface area contributed by atoms with Crippen LogP contribution in [0, 0.1) is 29.9 Å². The van der Waals surface area contributed by atoms with Crippen molar-refractivity contribution in [1.82, 2.24) is 29.6 Å². The second kappa shape index (κ2) is 14.3. The number of aromatic nitrogens is 5. The quantitative estimate of drug-likeness (QED) is 0.140. The van der Waals surface area contributed by atoms with E-state index in [1.54, 1.807) is 31.2 Å². The minimum Gasteiger partial charge on any atom is -0.472 e. The average molecular weight is 697 g/mol. The molecular weight excluding hydrogens is 663 g/mol. The summed E-state index contributed by atoms with van der Waals surface area (Å²) in [4.78, 5) is 25.7. The second-order valence-electron chi connectivity index (χ2n) is 12.4. The van der Waals surface area contributed by atoms with Gasteiger partial charge in [0.05, 0.1) is 30.2 Å². The molecular formula is C36H34F2N8O3S. The molecule has 50 heavy (non-hydrogen) atoms. The number of rotatable bonds is 13. The molecule has 4 aromatic heterocycles. The fourth-order valence-corrected chi connectivity index (χ4v) is 6.73. The van der Waals surface area contributed by atoms with Gasteiger partial charge in [-0.3, -0.25) is 14.8 Å². The van der Waals surface area contributed by atoms with Gasteiger partial charge in [-0.25, -0.2) is 18.7 Å². The molecule has 0 spiro atoms. The van der Waals surface area contributed by atoms with Gasteiger partial charge in [-0.2, -0.15) is 10.4 Å². The lowest BCUT2D eigenvalue weighted by Gasteiger charge is -2.28. The number of hydrogen-bond donors (Lipinski definition) is 2. The highest BCUT2D eigenvalue weighted by Crippen LogP contribution is 2.27. The van der Waals surface area contributed by atoms with Gasteiger partial charge in [-0.15, -0.1) is 11.3 Å². The van der Waals surface area contributed by atoms with E-state index in [4.69, 9.17) is 19.7 Å². The molecule has 0 unspecified atom stereocenters. The number of anilines is 1. The number of carbonyl (C=O) groups excluding carboxylic acids is 1. The molecule has 1 atom stereocenters. The number of fused-ring (bicyclic) bond motifs is 2. The Hall–Kier alpha value is -5.23. The predicted octanol–water partition coefficient (Wildman–Crippen LogP) is 6.51. The Morgan fingerprint density at radius 3 is 2.84 bits per heavy atom. The summed E-state index contributed by atoms with van der Waals surface area (Å²) in [5, 5.41) is 19.2. The van der Waals surface area contributed by atoms with Crippen molar-refractivity contribution in [1.29, 1.82) is 5.26 Å². The molecule has 1 aliphatic rings. The molecule has 5 heterocycles. The zero-order valence-electron chi connectivity index (χ0n) is 27.5. The van der Waals surface area contributed by atoms with E-state index in [0.717, 1.165) is 60.8 Å². The smallest absolute Gasteiger partial charge is 0.255 e. The molecule has 1 fully saturated rings. The van der Waals surface area contributed by atoms with Crippen molar-refractivity contribution in [3.63, 3.8) is 0 Å². The molecule has 11 nitrogen and oxygen atoms in total. The summed E-state index contributed by atoms with van der Waals surface area (Å²) in [7, 11) is 2.04. The molecule has 14 heteroatoms. The zero-order chi connectivity index (χ0) is 34.8. The highest BCUT2D eigenvalue weighted by Gasteiger charge is 2.23. The van der Waals surface area contributed by atoms with Crippen LogP contribution in [-0.2, 0) is 30.9 Å². The number of thiophene rings is 1. The minimum absolute atomic E-state index is 0.0446. The lowest BCUT2D eigenvalue weighted by molar-refractivity contribution is -0.0591. The van der Waals surface area contributed by atoms with Crippen LogP contribution in [0.25, 0.3) is 21.9 Å². The van der Waals surface area contributed by atoms with Gasteiger partial charge < -0.3 is 19.4 Å². The van der Waals surface area contributed by atoms with Crippen molar-refractivity contribution in [2.45, 2.75) is 52.0 Å². The number of H-pyrrole nitrogens is 1. The normalized spacial score (nSPS) is 14.3. The van der Waals surface area contributed by atoms with E-state index in [-0.39, 0.29) is 29.0 Å². The van der Waals surface area contributed by atoms with Gasteiger partial charge in [0, 0.05) is 45.6 Å². The van der Waals surface area contributed by atoms with Gasteiger partial charge >= 0.3 is 0 Å². The first-order valence-corrected chi connectivity index (χ1v) is 17.1. The van der Waals surface area contributed by atoms with Crippen molar-refractivity contribution in [2.75, 3.05) is 25.5 Å². The molecule has 1 saturated heterocycles. The van der Waals surface area contributed by atoms with Crippen molar-refractivity contribution in [2.24, 2.45) is 0 Å². The first-order chi connectivity index (χ1) is 24.2. The lowest BCUT2D eigenvalue weighted by Crippen LogP contribution is -2.32. The number of benzene rings is 2. The summed E-state index contributed by atoms with van der Waals surface area (Å²) < 4.78 is 42.0. The van der Waals surface area contributed by atoms with Gasteiger partial charge in [0.2, 0.25) is 5.88 Å². The largest absolute Gasteiger partial charge is 0.472 e. The highest BCUT2D eigenvalue weighted by atomic mass is 32.1. The van der Waals surface area contributed by atoms with E-state index in [9.17, 15) is 13.6 Å². The maximum atomic E-state index is 14.6. The maximum Gasteiger partial charge on any atom is 0.255 e. The van der Waals surface area contributed by atoms with E-state index >= 15 is 0 Å². The van der Waals surface area contributed by atoms with Gasteiger partial charge in [0.1, 0.15) is 28.9 Å². The first kappa shape index (κ1) is 33.3. The molecule has 0 saturated carbocycles. The van der Waals surface area contributed by atoms with Gasteiger partial charge in [0.15, 0.2) is 11.6 Å². The van der Waals surface area contributed by atoms with Crippen LogP contribution in [0.3, 0.4) is 0 Å². The Labute approximate surface area is 290 Å². The predicted molar refractivity (Wildman–Crippen MR) is 185 cm³/mol. The van der Waals surface area contributed by atoms with E-state index in [1.165, 1.54) is 12.1 Å². The van der Waals surface area contributed by atoms with Crippen molar-refractivity contribution in [3.8, 4) is 11.9 Å². The molecule has 1 amide bonds. The Morgan fingerprint density at radius 2 is 2.06 bits per heavy atom. The van der Waals surface area contributed by atoms with Crippen LogP contribution in [0.15, 0.2) is 54.6 Å². The van der Waals surface area contributed by atoms with Crippen LogP contribution in [-0.4, -0.2) is 61.8 Å². The summed E-state index contributed by atoms with van der Waals surface area (Å²) in [5.41, 5.74) is 4.21. The average Bonchev–Trinajstić information content (AvgIpc) is 3.75. The van der Waals surface area contributed by atoms with Crippen LogP contribution in [0.4, 0.5) is 14.5 Å². The van der Waals surface area contributed by atoms with E-state index in [0.29, 0.717) is 51.7 Å². The minimum atomic E-state index is -0.532. The Morgan fingerprint density at radius 1 is 1.20 bits per heavy atom. The topological polar surface area (TPSA) is 134 Å². The Bertz CT molecular complexity index is 2240. The third-order valence-corrected chi connectivity index (χ3v) is 9.69. The fraction of sp³-hybridized carbons (Fsp3) is 0.306. The number of nitriles is 1. The summed E-state index contributed by atoms with van der Waals surface area (Å²) in [5.74, 6) is -0.0851. The number of nitrogens with zero attached hydrogens (tertiary/aromatic N) is 6. The molecule has 7 rings (SSSR count). The summed E-state index contributed by atoms with van der Waals surface area (Å²) in [6.45, 7) is 4.73. The molecule has 0 radical (unpaired) electrons. The van der Waals surface area contributed by atoms with Crippen LogP contribution in [0.5, 0.6) is 5.88 Å². The third-order valence-electron chi connectivity index (χ3n) is 8.70. The Kier molecular flexibility index (Phi) is 9.53. The van der Waals surface area contributed by atoms with Gasteiger partial charge in [-0.05, 0) is 82.2 Å². The fourth-order valence-electron chi connectivity index (χ4n) is 5.99. The Balaban J connectivity index is 0.996. The number of pyridine rings is 1. The number of amides is 1. The number of aryl methyl sites for hydroxylation is 2. The standard InChI is InChI=1S/C36H34F2N8O3S/c1-21-27-14-24(15-29(38)35(27)44-43-21)41-36(47)22-8-9-31-30(13-22)42-33(46(31)18-25-10-12-48-25)19-45(2)11-4-6-23-5-3-7-34(40-23)49-20-26-16-28(37)32(17-39)50-26/h3,5,7-9,13-16,25H,4,6,10-12,18-20H2,1-2H3,(H,41,47)(H,43,44)/t25-/m0/s1. The molecule has 1 aliphatic heterocycles. The van der Waals surface area contributed by atoms with Crippen LogP contribution < -0.4 is 10.1 Å². The van der Waals surface area contributed by atoms with Crippen LogP contribution in [0.1, 0.15) is 50.2 Å². The van der Waals surface area contributed by atoms with E-state index in [2.05, 4.69) is 30.0 Å². The molecule has 0 aliphatic carbocycles. The van der Waals surface area contributed by atoms with Gasteiger partial charge in [-0.1, -0.05) is 6.07 Å². The summed E-state index contributed by atoms with van der Waals surface area (Å²) in [6.07, 6.45) is 2.67. The third kappa shape index (κ3) is 7.20. The number of ether oxygens (including phenoxy) is 2. The van der Waals surface area contributed by atoms with Crippen molar-refractivity contribution < 1.29 is 23.0 Å². The van der Waals surface area contributed by atoms with Crippen LogP contribution in [0.2, 0.25) is 0 Å². The summed E-state index contributed by atoms with van der Waals surface area (Å²) in [6, 6.07) is 17.2. The number of halogens is 2. The lowest BCUT2D eigenvalue weighted by atomic mass is 10.1. The first-order valence-electron chi connectivity index (χ1n) is 16.3. The number of carbonyl (C=O) groups is 1. The molecule has 6 aromatic rings. The number of nitrogens with one attached hydrogen (secondary N) is 2. The molecule has 2 N–H and O–H groups in total. The van der Waals surface area contributed by atoms with Gasteiger partial charge in [0.25, 0.3) is 5.91 Å². The monoisotopic (exact) mass is 696 g/mol. The molecule has 256 valence electrons. The number of aromatic amines is 1. The number of imidazole rings is 1. The number of hydrogen-bond acceptors (Lipinski definition) is 9. The van der Waals surface area contributed by atoms with Crippen LogP contribution >= 0.6 is 11.3 Å². The van der Waals surface area contributed by atoms with E-state index in [1.807, 2.05) is 31.3 Å².